The lowest BCUT2D eigenvalue weighted by molar-refractivity contribution is 0.567. The summed E-state index contributed by atoms with van der Waals surface area (Å²) in [7, 11) is 0. The second-order valence-electron chi connectivity index (χ2n) is 2.08. The van der Waals surface area contributed by atoms with E-state index >= 15 is 0 Å². The molecule has 0 N–H and O–H groups in total. The molecule has 0 atom stereocenters. The highest BCUT2D eigenvalue weighted by atomic mass is 79.9. The van der Waals surface area contributed by atoms with Gasteiger partial charge < -0.3 is 0 Å². The Morgan fingerprint density at radius 1 is 1.60 bits per heavy atom. The average molecular weight is 199 g/mol. The molecule has 0 aliphatic heterocycles. The van der Waals surface area contributed by atoms with Crippen LogP contribution in [0.25, 0.3) is 0 Å². The number of hydrogen-bond donors (Lipinski definition) is 0. The van der Waals surface area contributed by atoms with Gasteiger partial charge in [0.15, 0.2) is 0 Å². The third-order valence-corrected chi connectivity index (χ3v) is 2.02. The zero-order chi connectivity index (χ0) is 7.40. The van der Waals surface area contributed by atoms with Crippen LogP contribution >= 0.6 is 15.9 Å². The summed E-state index contributed by atoms with van der Waals surface area (Å²) in [5.74, 6) is 1.87. The summed E-state index contributed by atoms with van der Waals surface area (Å²) in [6.45, 7) is 0. The number of carbonyl (C=O) groups excluding carboxylic acids is 1. The van der Waals surface area contributed by atoms with E-state index in [0.717, 1.165) is 17.3 Å². The van der Waals surface area contributed by atoms with E-state index in [4.69, 9.17) is 0 Å². The molecule has 0 amide bonds. The van der Waals surface area contributed by atoms with E-state index in [2.05, 4.69) is 15.9 Å². The first-order chi connectivity index (χ1) is 4.86. The van der Waals surface area contributed by atoms with Crippen LogP contribution in [0.3, 0.4) is 0 Å². The third-order valence-electron chi connectivity index (χ3n) is 1.37. The summed E-state index contributed by atoms with van der Waals surface area (Å²) >= 11 is 3.33. The molecule has 0 spiro atoms. The number of halogens is 1. The molecule has 0 heterocycles. The van der Waals surface area contributed by atoms with Crippen molar-refractivity contribution in [3.05, 3.63) is 29.4 Å². The van der Waals surface area contributed by atoms with Crippen LogP contribution in [-0.2, 0) is 4.79 Å². The molecular formula is C8H7BrO. The maximum atomic E-state index is 10.1. The second kappa shape index (κ2) is 3.55. The Kier molecular flexibility index (Phi) is 2.67. The first-order valence-corrected chi connectivity index (χ1v) is 4.16. The number of alkyl halides is 1. The third kappa shape index (κ3) is 1.69. The van der Waals surface area contributed by atoms with Crippen molar-refractivity contribution in [2.75, 3.05) is 5.33 Å². The van der Waals surface area contributed by atoms with E-state index in [1.807, 2.05) is 24.2 Å². The van der Waals surface area contributed by atoms with Gasteiger partial charge in [-0.15, -0.1) is 0 Å². The molecule has 1 aliphatic rings. The average Bonchev–Trinajstić information content (AvgIpc) is 2.05. The maximum Gasteiger partial charge on any atom is 0.128 e. The van der Waals surface area contributed by atoms with Crippen molar-refractivity contribution in [3.63, 3.8) is 0 Å². The molecule has 0 bridgehead atoms. The summed E-state index contributed by atoms with van der Waals surface area (Å²) in [6.07, 6.45) is 6.48. The molecule has 1 aliphatic carbocycles. The molecule has 0 aromatic rings. The quantitative estimate of drug-likeness (QED) is 0.466. The van der Waals surface area contributed by atoms with Crippen LogP contribution in [0.4, 0.5) is 0 Å². The Hall–Kier alpha value is -0.590. The lowest BCUT2D eigenvalue weighted by Crippen LogP contribution is -1.88. The van der Waals surface area contributed by atoms with Crippen molar-refractivity contribution in [2.24, 2.45) is 0 Å². The largest absolute Gasteiger partial charge is 0.233 e. The molecule has 1 rings (SSSR count). The smallest absolute Gasteiger partial charge is 0.128 e. The van der Waals surface area contributed by atoms with E-state index < -0.39 is 0 Å². The summed E-state index contributed by atoms with van der Waals surface area (Å²) < 4.78 is 0. The van der Waals surface area contributed by atoms with E-state index in [1.54, 1.807) is 0 Å². The minimum absolute atomic E-state index is 0.723. The zero-order valence-electron chi connectivity index (χ0n) is 5.43. The van der Waals surface area contributed by atoms with Crippen LogP contribution in [0, 0.1) is 0 Å². The molecule has 0 saturated carbocycles. The zero-order valence-corrected chi connectivity index (χ0v) is 7.02. The Balaban J connectivity index is 2.72. The fraction of sp³-hybridized carbons (Fsp3) is 0.250. The van der Waals surface area contributed by atoms with Gasteiger partial charge in [-0.25, -0.2) is 4.79 Å². The Labute approximate surface area is 68.2 Å². The van der Waals surface area contributed by atoms with Crippen LogP contribution in [0.2, 0.25) is 0 Å². The molecule has 0 radical (unpaired) electrons. The lowest BCUT2D eigenvalue weighted by Gasteiger charge is -2.01. The second-order valence-corrected chi connectivity index (χ2v) is 2.64. The monoisotopic (exact) mass is 198 g/mol. The standard InChI is InChI=1S/C8H7BrO/c9-5-7-1-3-8(6-10)4-2-7/h1-3H,4-5H2. The molecule has 0 fully saturated rings. The van der Waals surface area contributed by atoms with Crippen LogP contribution in [-0.4, -0.2) is 11.3 Å². The van der Waals surface area contributed by atoms with Crippen molar-refractivity contribution >= 4 is 21.9 Å². The predicted octanol–water partition coefficient (Wildman–Crippen LogP) is 2.03. The summed E-state index contributed by atoms with van der Waals surface area (Å²) in [5, 5.41) is 0.857. The Morgan fingerprint density at radius 2 is 2.40 bits per heavy atom. The van der Waals surface area contributed by atoms with Crippen molar-refractivity contribution in [2.45, 2.75) is 6.42 Å². The Morgan fingerprint density at radius 3 is 2.80 bits per heavy atom. The molecule has 0 saturated heterocycles. The van der Waals surface area contributed by atoms with Crippen molar-refractivity contribution in [1.29, 1.82) is 0 Å². The van der Waals surface area contributed by atoms with Gasteiger partial charge in [-0.05, 0) is 11.6 Å². The first-order valence-electron chi connectivity index (χ1n) is 3.04. The van der Waals surface area contributed by atoms with Crippen LogP contribution in [0.5, 0.6) is 0 Å². The van der Waals surface area contributed by atoms with E-state index in [1.165, 1.54) is 5.57 Å². The summed E-state index contributed by atoms with van der Waals surface area (Å²) in [5.41, 5.74) is 1.95. The molecule has 0 aromatic carbocycles. The topological polar surface area (TPSA) is 17.1 Å². The molecule has 52 valence electrons. The highest BCUT2D eigenvalue weighted by Gasteiger charge is 1.98. The molecule has 2 heteroatoms. The Bertz CT molecular complexity index is 229. The van der Waals surface area contributed by atoms with Gasteiger partial charge in [0.25, 0.3) is 0 Å². The molecule has 10 heavy (non-hydrogen) atoms. The van der Waals surface area contributed by atoms with E-state index in [9.17, 15) is 4.79 Å². The van der Waals surface area contributed by atoms with Crippen molar-refractivity contribution < 1.29 is 4.79 Å². The maximum absolute atomic E-state index is 10.1. The van der Waals surface area contributed by atoms with Gasteiger partial charge in [0.1, 0.15) is 5.94 Å². The van der Waals surface area contributed by atoms with Gasteiger partial charge in [0, 0.05) is 17.3 Å². The predicted molar refractivity (Wildman–Crippen MR) is 44.8 cm³/mol. The van der Waals surface area contributed by atoms with Gasteiger partial charge in [-0.1, -0.05) is 28.1 Å². The van der Waals surface area contributed by atoms with Crippen LogP contribution < -0.4 is 0 Å². The molecule has 0 aromatic heterocycles. The van der Waals surface area contributed by atoms with Gasteiger partial charge >= 0.3 is 0 Å². The van der Waals surface area contributed by atoms with Crippen LogP contribution in [0.15, 0.2) is 29.4 Å². The highest BCUT2D eigenvalue weighted by molar-refractivity contribution is 9.09. The normalized spacial score (nSPS) is 16.5. The lowest BCUT2D eigenvalue weighted by atomic mass is 10.1. The fourth-order valence-corrected chi connectivity index (χ4v) is 1.18. The van der Waals surface area contributed by atoms with Gasteiger partial charge in [-0.2, -0.15) is 0 Å². The van der Waals surface area contributed by atoms with Gasteiger partial charge in [-0.3, -0.25) is 0 Å². The minimum Gasteiger partial charge on any atom is -0.233 e. The van der Waals surface area contributed by atoms with Crippen LogP contribution in [0.1, 0.15) is 6.42 Å². The minimum atomic E-state index is 0.723. The first kappa shape index (κ1) is 7.52. The molecule has 0 unspecified atom stereocenters. The van der Waals surface area contributed by atoms with Gasteiger partial charge in [0.05, 0.1) is 0 Å². The van der Waals surface area contributed by atoms with Crippen molar-refractivity contribution in [1.82, 2.24) is 0 Å². The molecule has 1 nitrogen and oxygen atoms in total. The SMILES string of the molecule is O=C=C1C=CC(CBr)=CC1. The summed E-state index contributed by atoms with van der Waals surface area (Å²) in [6, 6.07) is 0. The number of allylic oxidation sites excluding steroid dienone is 5. The van der Waals surface area contributed by atoms with Gasteiger partial charge in [0.2, 0.25) is 0 Å². The number of hydrogen-bond acceptors (Lipinski definition) is 1. The van der Waals surface area contributed by atoms with Crippen molar-refractivity contribution in [3.8, 4) is 0 Å². The fourth-order valence-electron chi connectivity index (χ4n) is 0.760. The van der Waals surface area contributed by atoms with E-state index in [-0.39, 0.29) is 0 Å². The number of rotatable bonds is 1. The summed E-state index contributed by atoms with van der Waals surface area (Å²) in [4.78, 5) is 10.1. The molecular weight excluding hydrogens is 192 g/mol. The highest BCUT2D eigenvalue weighted by Crippen LogP contribution is 2.14. The van der Waals surface area contributed by atoms with E-state index in [0.29, 0.717) is 0 Å².